The van der Waals surface area contributed by atoms with Crippen molar-refractivity contribution in [1.29, 1.82) is 0 Å². The molecule has 19 heavy (non-hydrogen) atoms. The third-order valence-corrected chi connectivity index (χ3v) is 3.09. The molecular formula is C15H22N2O2. The van der Waals surface area contributed by atoms with Crippen molar-refractivity contribution < 1.29 is 9.53 Å². The van der Waals surface area contributed by atoms with Gasteiger partial charge in [-0.3, -0.25) is 10.1 Å². The van der Waals surface area contributed by atoms with E-state index < -0.39 is 0 Å². The summed E-state index contributed by atoms with van der Waals surface area (Å²) in [4.78, 5) is 16.5. The predicted molar refractivity (Wildman–Crippen MR) is 77.4 cm³/mol. The summed E-state index contributed by atoms with van der Waals surface area (Å²) in [5.41, 5.74) is 1.55. The molecule has 1 aromatic rings. The van der Waals surface area contributed by atoms with Crippen molar-refractivity contribution in [3.05, 3.63) is 35.4 Å². The molecule has 1 rings (SSSR count). The lowest BCUT2D eigenvalue weighted by atomic mass is 10.1. The van der Waals surface area contributed by atoms with Crippen LogP contribution in [0.5, 0.6) is 0 Å². The van der Waals surface area contributed by atoms with Gasteiger partial charge in [-0.05, 0) is 31.4 Å². The van der Waals surface area contributed by atoms with Crippen LogP contribution in [0.2, 0.25) is 0 Å². The van der Waals surface area contributed by atoms with Crippen LogP contribution in [-0.2, 0) is 4.74 Å². The van der Waals surface area contributed by atoms with Crippen molar-refractivity contribution in [3.63, 3.8) is 0 Å². The molecule has 0 heterocycles. The van der Waals surface area contributed by atoms with E-state index in [0.717, 1.165) is 5.56 Å². The molecule has 0 aliphatic heterocycles. The Bertz CT molecular complexity index is 467. The average Bonchev–Trinajstić information content (AvgIpc) is 2.37. The monoisotopic (exact) mass is 262 g/mol. The van der Waals surface area contributed by atoms with Crippen LogP contribution in [-0.4, -0.2) is 25.1 Å². The van der Waals surface area contributed by atoms with Gasteiger partial charge in [-0.15, -0.1) is 0 Å². The molecule has 0 bridgehead atoms. The number of aliphatic imine (C=N–C) groups is 1. The molecule has 1 N–H and O–H groups in total. The largest absolute Gasteiger partial charge is 0.468 e. The molecule has 104 valence electrons. The van der Waals surface area contributed by atoms with E-state index >= 15 is 0 Å². The number of aryl methyl sites for hydroxylation is 1. The molecule has 0 aliphatic carbocycles. The zero-order valence-corrected chi connectivity index (χ0v) is 12.2. The van der Waals surface area contributed by atoms with Gasteiger partial charge in [0.05, 0.1) is 13.2 Å². The van der Waals surface area contributed by atoms with Gasteiger partial charge in [-0.2, -0.15) is 0 Å². The Hall–Kier alpha value is -1.84. The molecule has 0 radical (unpaired) electrons. The number of carbonyl (C=O) groups is 1. The minimum Gasteiger partial charge on any atom is -0.468 e. The molecule has 0 aliphatic rings. The molecular weight excluding hydrogens is 240 g/mol. The van der Waals surface area contributed by atoms with Crippen LogP contribution in [0.4, 0.5) is 0 Å². The van der Waals surface area contributed by atoms with E-state index in [9.17, 15) is 4.79 Å². The van der Waals surface area contributed by atoms with Crippen LogP contribution >= 0.6 is 0 Å². The number of nitrogens with zero attached hydrogens (tertiary/aromatic N) is 1. The van der Waals surface area contributed by atoms with Crippen molar-refractivity contribution in [3.8, 4) is 0 Å². The second-order valence-corrected chi connectivity index (χ2v) is 4.89. The second-order valence-electron chi connectivity index (χ2n) is 4.89. The van der Waals surface area contributed by atoms with Crippen molar-refractivity contribution in [2.75, 3.05) is 7.11 Å². The summed E-state index contributed by atoms with van der Waals surface area (Å²) in [6.07, 6.45) is 0. The Balaban J connectivity index is 2.82. The third-order valence-electron chi connectivity index (χ3n) is 3.09. The van der Waals surface area contributed by atoms with Gasteiger partial charge in [0.2, 0.25) is 0 Å². The third kappa shape index (κ3) is 4.39. The highest BCUT2D eigenvalue weighted by Gasteiger charge is 2.13. The topological polar surface area (TPSA) is 50.7 Å². The van der Waals surface area contributed by atoms with E-state index in [2.05, 4.69) is 24.2 Å². The first-order valence-corrected chi connectivity index (χ1v) is 6.44. The van der Waals surface area contributed by atoms with Crippen LogP contribution < -0.4 is 5.32 Å². The number of amides is 1. The van der Waals surface area contributed by atoms with Crippen molar-refractivity contribution in [2.24, 2.45) is 10.9 Å². The average molecular weight is 262 g/mol. The lowest BCUT2D eigenvalue weighted by Crippen LogP contribution is -2.33. The van der Waals surface area contributed by atoms with Gasteiger partial charge in [-0.25, -0.2) is 4.99 Å². The smallest absolute Gasteiger partial charge is 0.291 e. The van der Waals surface area contributed by atoms with Crippen molar-refractivity contribution >= 4 is 11.9 Å². The number of methoxy groups -OCH3 is 1. The number of carbonyl (C=O) groups excluding carboxylic acids is 1. The van der Waals surface area contributed by atoms with Crippen LogP contribution in [0.3, 0.4) is 0 Å². The van der Waals surface area contributed by atoms with Crippen molar-refractivity contribution in [1.82, 2.24) is 5.32 Å². The molecule has 1 aromatic carbocycles. The highest BCUT2D eigenvalue weighted by Crippen LogP contribution is 2.08. The quantitative estimate of drug-likeness (QED) is 0.672. The van der Waals surface area contributed by atoms with Crippen LogP contribution in [0, 0.1) is 12.8 Å². The van der Waals surface area contributed by atoms with Gasteiger partial charge in [-0.1, -0.05) is 32.0 Å². The second kappa shape index (κ2) is 6.92. The summed E-state index contributed by atoms with van der Waals surface area (Å²) < 4.78 is 5.12. The molecule has 0 saturated heterocycles. The molecule has 1 amide bonds. The zero-order chi connectivity index (χ0) is 14.4. The van der Waals surface area contributed by atoms with Gasteiger partial charge >= 0.3 is 0 Å². The number of hydrogen-bond acceptors (Lipinski definition) is 3. The van der Waals surface area contributed by atoms with Crippen molar-refractivity contribution in [2.45, 2.75) is 33.7 Å². The van der Waals surface area contributed by atoms with Crippen LogP contribution in [0.15, 0.2) is 29.3 Å². The molecule has 4 heteroatoms. The number of nitrogens with one attached hydrogen (secondary N) is 1. The van der Waals surface area contributed by atoms with E-state index in [1.54, 1.807) is 6.07 Å². The standard InChI is InChI=1S/C15H22N2O2/c1-10(2)12(4)16-15(19-5)17-14(18)13-9-7-6-8-11(13)3/h6-10,12H,1-5H3,(H,16,17,18). The first-order chi connectivity index (χ1) is 8.95. The van der Waals surface area contributed by atoms with E-state index in [1.165, 1.54) is 7.11 Å². The first kappa shape index (κ1) is 15.2. The fourth-order valence-electron chi connectivity index (χ4n) is 1.46. The molecule has 0 saturated carbocycles. The molecule has 4 nitrogen and oxygen atoms in total. The van der Waals surface area contributed by atoms with E-state index in [-0.39, 0.29) is 18.0 Å². The number of ether oxygens (including phenoxy) is 1. The normalized spacial score (nSPS) is 13.3. The Kier molecular flexibility index (Phi) is 5.55. The number of benzene rings is 1. The summed E-state index contributed by atoms with van der Waals surface area (Å²) >= 11 is 0. The SMILES string of the molecule is COC(=NC(C)C(C)C)NC(=O)c1ccccc1C. The summed E-state index contributed by atoms with van der Waals surface area (Å²) in [6, 6.07) is 7.76. The maximum absolute atomic E-state index is 12.1. The lowest BCUT2D eigenvalue weighted by molar-refractivity contribution is 0.0967. The van der Waals surface area contributed by atoms with Crippen LogP contribution in [0.1, 0.15) is 36.7 Å². The van der Waals surface area contributed by atoms with Gasteiger partial charge in [0.25, 0.3) is 11.9 Å². The number of hydrogen-bond donors (Lipinski definition) is 1. The fourth-order valence-corrected chi connectivity index (χ4v) is 1.46. The predicted octanol–water partition coefficient (Wildman–Crippen LogP) is 2.77. The lowest BCUT2D eigenvalue weighted by Gasteiger charge is -2.14. The number of amidine groups is 1. The summed E-state index contributed by atoms with van der Waals surface area (Å²) in [6.45, 7) is 8.04. The van der Waals surface area contributed by atoms with Gasteiger partial charge < -0.3 is 4.74 Å². The molecule has 0 fully saturated rings. The van der Waals surface area contributed by atoms with E-state index in [4.69, 9.17) is 4.74 Å². The summed E-state index contributed by atoms with van der Waals surface area (Å²) in [7, 11) is 1.50. The molecule has 1 atom stereocenters. The molecule has 1 unspecified atom stereocenters. The highest BCUT2D eigenvalue weighted by molar-refractivity contribution is 6.04. The van der Waals surface area contributed by atoms with Gasteiger partial charge in [0, 0.05) is 5.56 Å². The number of rotatable bonds is 3. The summed E-state index contributed by atoms with van der Waals surface area (Å²) in [5, 5.41) is 2.70. The fraction of sp³-hybridized carbons (Fsp3) is 0.467. The maximum atomic E-state index is 12.1. The minimum atomic E-state index is -0.199. The first-order valence-electron chi connectivity index (χ1n) is 6.44. The van der Waals surface area contributed by atoms with Gasteiger partial charge in [0.1, 0.15) is 0 Å². The molecule has 0 aromatic heterocycles. The summed E-state index contributed by atoms with van der Waals surface area (Å²) in [5.74, 6) is 0.190. The zero-order valence-electron chi connectivity index (χ0n) is 12.2. The van der Waals surface area contributed by atoms with E-state index in [1.807, 2.05) is 32.0 Å². The molecule has 0 spiro atoms. The minimum absolute atomic E-state index is 0.0899. The maximum Gasteiger partial charge on any atom is 0.291 e. The highest BCUT2D eigenvalue weighted by atomic mass is 16.5. The Morgan fingerprint density at radius 1 is 1.26 bits per heavy atom. The van der Waals surface area contributed by atoms with Gasteiger partial charge in [0.15, 0.2) is 0 Å². The Labute approximate surface area is 114 Å². The Morgan fingerprint density at radius 2 is 1.89 bits per heavy atom. The Morgan fingerprint density at radius 3 is 2.42 bits per heavy atom. The van der Waals surface area contributed by atoms with Crippen LogP contribution in [0.25, 0.3) is 0 Å². The van der Waals surface area contributed by atoms with E-state index in [0.29, 0.717) is 11.5 Å².